The van der Waals surface area contributed by atoms with E-state index >= 15 is 0 Å². The van der Waals surface area contributed by atoms with E-state index in [0.29, 0.717) is 45.8 Å². The fourth-order valence-electron chi connectivity index (χ4n) is 3.98. The summed E-state index contributed by atoms with van der Waals surface area (Å²) in [5.41, 5.74) is 3.09. The van der Waals surface area contributed by atoms with Crippen LogP contribution in [0.1, 0.15) is 12.5 Å². The molecule has 0 aliphatic rings. The van der Waals surface area contributed by atoms with Gasteiger partial charge in [-0.1, -0.05) is 54.1 Å². The molecule has 0 bridgehead atoms. The molecule has 0 atom stereocenters. The quantitative estimate of drug-likeness (QED) is 0.303. The first-order chi connectivity index (χ1) is 17.0. The summed E-state index contributed by atoms with van der Waals surface area (Å²) in [6.07, 6.45) is 0. The van der Waals surface area contributed by atoms with Crippen molar-refractivity contribution in [2.45, 2.75) is 13.6 Å². The minimum Gasteiger partial charge on any atom is -0.345 e. The molecular weight excluding hydrogens is 465 g/mol. The van der Waals surface area contributed by atoms with Crippen molar-refractivity contribution in [2.24, 2.45) is 0 Å². The van der Waals surface area contributed by atoms with E-state index in [-0.39, 0.29) is 11.1 Å². The monoisotopic (exact) mass is 487 g/mol. The first kappa shape index (κ1) is 22.8. The number of halogens is 2. The van der Waals surface area contributed by atoms with Gasteiger partial charge in [0.2, 0.25) is 5.95 Å². The summed E-state index contributed by atoms with van der Waals surface area (Å²) in [5, 5.41) is 0.560. The van der Waals surface area contributed by atoms with E-state index in [2.05, 4.69) is 0 Å². The molecule has 3 aromatic carbocycles. The lowest BCUT2D eigenvalue weighted by Gasteiger charge is -2.18. The summed E-state index contributed by atoms with van der Waals surface area (Å²) in [5.74, 6) is 1.05. The summed E-state index contributed by atoms with van der Waals surface area (Å²) < 4.78 is 16.6. The van der Waals surface area contributed by atoms with E-state index in [1.54, 1.807) is 48.5 Å². The lowest BCUT2D eigenvalue weighted by atomic mass is 10.1. The van der Waals surface area contributed by atoms with Crippen molar-refractivity contribution in [3.05, 3.63) is 99.8 Å². The molecule has 0 fully saturated rings. The summed E-state index contributed by atoms with van der Waals surface area (Å²) in [6, 6.07) is 23.6. The van der Waals surface area contributed by atoms with E-state index < -0.39 is 6.67 Å². The number of nitrogens with zero attached hydrogens (tertiary/aromatic N) is 5. The largest absolute Gasteiger partial charge is 0.345 e. The van der Waals surface area contributed by atoms with Gasteiger partial charge in [0, 0.05) is 24.2 Å². The van der Waals surface area contributed by atoms with Gasteiger partial charge in [-0.15, -0.1) is 0 Å². The molecule has 0 aliphatic carbocycles. The van der Waals surface area contributed by atoms with Crippen molar-refractivity contribution in [3.8, 4) is 22.8 Å². The van der Waals surface area contributed by atoms with Crippen molar-refractivity contribution < 1.29 is 4.39 Å². The van der Waals surface area contributed by atoms with Crippen LogP contribution >= 0.6 is 11.6 Å². The maximum atomic E-state index is 14.0. The van der Waals surface area contributed by atoms with E-state index in [0.717, 1.165) is 5.69 Å². The number of alkyl halides is 1. The minimum absolute atomic E-state index is 0.253. The van der Waals surface area contributed by atoms with Gasteiger partial charge in [0.15, 0.2) is 11.2 Å². The second kappa shape index (κ2) is 9.35. The number of imidazole rings is 1. The van der Waals surface area contributed by atoms with Crippen molar-refractivity contribution in [1.82, 2.24) is 19.1 Å². The van der Waals surface area contributed by atoms with Crippen LogP contribution in [0, 0.1) is 0 Å². The first-order valence-electron chi connectivity index (χ1n) is 11.2. The second-order valence-corrected chi connectivity index (χ2v) is 8.59. The van der Waals surface area contributed by atoms with Crippen LogP contribution in [0.15, 0.2) is 83.7 Å². The first-order valence-corrected chi connectivity index (χ1v) is 11.6. The Kier molecular flexibility index (Phi) is 6.09. The molecule has 0 saturated carbocycles. The lowest BCUT2D eigenvalue weighted by molar-refractivity contribution is 0.485. The summed E-state index contributed by atoms with van der Waals surface area (Å²) >= 11 is 6.11. The number of hydrogen-bond acceptors (Lipinski definition) is 4. The second-order valence-electron chi connectivity index (χ2n) is 8.15. The number of benzene rings is 3. The maximum Gasteiger partial charge on any atom is 0.286 e. The molecule has 5 rings (SSSR count). The molecule has 35 heavy (non-hydrogen) atoms. The molecule has 0 unspecified atom stereocenters. The lowest BCUT2D eigenvalue weighted by Crippen LogP contribution is -2.22. The molecule has 0 spiro atoms. The summed E-state index contributed by atoms with van der Waals surface area (Å²) in [4.78, 5) is 25.7. The predicted molar refractivity (Wildman–Crippen MR) is 139 cm³/mol. The number of rotatable bonds is 6. The third-order valence-electron chi connectivity index (χ3n) is 5.95. The Morgan fingerprint density at radius 2 is 1.54 bits per heavy atom. The Morgan fingerprint density at radius 3 is 2.17 bits per heavy atom. The van der Waals surface area contributed by atoms with Crippen LogP contribution in [0.5, 0.6) is 0 Å². The van der Waals surface area contributed by atoms with Crippen LogP contribution in [0.3, 0.4) is 0 Å². The van der Waals surface area contributed by atoms with Gasteiger partial charge >= 0.3 is 0 Å². The summed E-state index contributed by atoms with van der Waals surface area (Å²) in [7, 11) is 1.93. The van der Waals surface area contributed by atoms with Gasteiger partial charge in [-0.2, -0.15) is 0 Å². The van der Waals surface area contributed by atoms with Gasteiger partial charge in [-0.05, 0) is 48.9 Å². The molecular formula is C27H23ClFN5O. The van der Waals surface area contributed by atoms with Gasteiger partial charge in [0.1, 0.15) is 12.5 Å². The molecule has 0 amide bonds. The molecule has 2 heterocycles. The number of para-hydroxylation sites is 1. The zero-order valence-corrected chi connectivity index (χ0v) is 20.1. The average Bonchev–Trinajstić information content (AvgIpc) is 3.29. The van der Waals surface area contributed by atoms with Crippen molar-refractivity contribution in [3.63, 3.8) is 0 Å². The highest BCUT2D eigenvalue weighted by molar-refractivity contribution is 6.30. The van der Waals surface area contributed by atoms with Gasteiger partial charge in [0.25, 0.3) is 5.56 Å². The average molecular weight is 488 g/mol. The normalized spacial score (nSPS) is 11.2. The van der Waals surface area contributed by atoms with Gasteiger partial charge in [-0.25, -0.2) is 14.4 Å². The Balaban J connectivity index is 1.89. The zero-order valence-electron chi connectivity index (χ0n) is 19.3. The molecule has 6 nitrogen and oxygen atoms in total. The van der Waals surface area contributed by atoms with Gasteiger partial charge < -0.3 is 4.90 Å². The van der Waals surface area contributed by atoms with Crippen LogP contribution in [-0.4, -0.2) is 32.7 Å². The number of aromatic nitrogens is 4. The maximum absolute atomic E-state index is 14.0. The number of anilines is 1. The molecule has 0 radical (unpaired) electrons. The van der Waals surface area contributed by atoms with E-state index in [9.17, 15) is 9.18 Å². The smallest absolute Gasteiger partial charge is 0.286 e. The predicted octanol–water partition coefficient (Wildman–Crippen LogP) is 5.82. The van der Waals surface area contributed by atoms with Crippen LogP contribution in [-0.2, 0) is 6.67 Å². The molecule has 176 valence electrons. The Hall–Kier alpha value is -3.97. The fraction of sp³-hybridized carbons (Fsp3) is 0.148. The third-order valence-corrected chi connectivity index (χ3v) is 6.20. The van der Waals surface area contributed by atoms with Gasteiger partial charge in [0.05, 0.1) is 11.4 Å². The molecule has 5 aromatic rings. The van der Waals surface area contributed by atoms with Crippen molar-refractivity contribution in [2.75, 3.05) is 18.5 Å². The minimum atomic E-state index is -0.565. The van der Waals surface area contributed by atoms with Crippen LogP contribution in [0.25, 0.3) is 33.9 Å². The molecule has 8 heteroatoms. The van der Waals surface area contributed by atoms with Crippen molar-refractivity contribution >= 4 is 28.7 Å². The number of fused-ring (bicyclic) bond motifs is 1. The van der Waals surface area contributed by atoms with E-state index in [1.807, 2.05) is 53.8 Å². The molecule has 0 saturated heterocycles. The third kappa shape index (κ3) is 4.08. The topological polar surface area (TPSA) is 56.0 Å². The molecule has 0 aliphatic heterocycles. The van der Waals surface area contributed by atoms with Gasteiger partial charge in [-0.3, -0.25) is 13.9 Å². The van der Waals surface area contributed by atoms with E-state index in [1.165, 1.54) is 4.57 Å². The van der Waals surface area contributed by atoms with E-state index in [4.69, 9.17) is 21.6 Å². The Morgan fingerprint density at radius 1 is 0.886 bits per heavy atom. The fourth-order valence-corrected chi connectivity index (χ4v) is 4.10. The highest BCUT2D eigenvalue weighted by Gasteiger charge is 2.23. The Labute approximate surface area is 206 Å². The van der Waals surface area contributed by atoms with Crippen LogP contribution in [0.4, 0.5) is 10.3 Å². The van der Waals surface area contributed by atoms with Crippen LogP contribution in [0.2, 0.25) is 5.02 Å². The molecule has 2 aromatic heterocycles. The van der Waals surface area contributed by atoms with Crippen LogP contribution < -0.4 is 10.5 Å². The Bertz CT molecular complexity index is 1540. The summed E-state index contributed by atoms with van der Waals surface area (Å²) in [6.45, 7) is 2.15. The zero-order chi connectivity index (χ0) is 24.5. The molecule has 0 N–H and O–H groups in total. The SMILES string of the molecule is CCN(C)c1nc2c(=O)n(-c3ccc(Cl)cc3)c(-c3ccc(CF)cc3)nc2n1-c1ccccc1. The highest BCUT2D eigenvalue weighted by atomic mass is 35.5. The standard InChI is InChI=1S/C27H23ClFN5O/c1-3-32(2)27-30-23-25(34(27)21-7-5-4-6-8-21)31-24(19-11-9-18(17-29)10-12-19)33(26(23)35)22-15-13-20(28)14-16-22/h4-16H,3,17H2,1-2H3. The number of hydrogen-bond donors (Lipinski definition) is 0. The highest BCUT2D eigenvalue weighted by Crippen LogP contribution is 2.28. The van der Waals surface area contributed by atoms with Crippen molar-refractivity contribution in [1.29, 1.82) is 0 Å².